The fourth-order valence-corrected chi connectivity index (χ4v) is 2.17. The quantitative estimate of drug-likeness (QED) is 0.689. The van der Waals surface area contributed by atoms with Crippen LogP contribution in [0.1, 0.15) is 11.1 Å². The molecule has 0 atom stereocenters. The summed E-state index contributed by atoms with van der Waals surface area (Å²) in [6, 6.07) is 8.64. The molecule has 0 fully saturated rings. The highest BCUT2D eigenvalue weighted by molar-refractivity contribution is 6.75. The molecule has 0 saturated carbocycles. The highest BCUT2D eigenvalue weighted by Gasteiger charge is 2.20. The average molecular weight is 229 g/mol. The molecule has 2 heteroatoms. The van der Waals surface area contributed by atoms with Crippen molar-refractivity contribution in [1.82, 2.24) is 0 Å². The smallest absolute Gasteiger partial charge is 0.110 e. The second-order valence-electron chi connectivity index (χ2n) is 4.21. The van der Waals surface area contributed by atoms with Gasteiger partial charge >= 0.3 is 0 Å². The van der Waals surface area contributed by atoms with E-state index in [2.05, 4.69) is 49.8 Å². The van der Waals surface area contributed by atoms with Crippen LogP contribution in [-0.4, -0.2) is 6.71 Å². The Morgan fingerprint density at radius 3 is 2.62 bits per heavy atom. The van der Waals surface area contributed by atoms with E-state index in [-0.39, 0.29) is 0 Å². The van der Waals surface area contributed by atoms with Gasteiger partial charge in [-0.05, 0) is 13.2 Å². The second kappa shape index (κ2) is 4.75. The van der Waals surface area contributed by atoms with Crippen molar-refractivity contribution in [3.05, 3.63) is 70.6 Å². The lowest BCUT2D eigenvalue weighted by Gasteiger charge is -2.09. The number of aryl methyl sites for hydroxylation is 1. The predicted octanol–water partition coefficient (Wildman–Crippen LogP) is 3.90. The number of hydrogen-bond donors (Lipinski definition) is 0. The monoisotopic (exact) mass is 228 g/mol. The largest absolute Gasteiger partial charge is 0.207 e. The molecular weight excluding hydrogens is 214 g/mol. The van der Waals surface area contributed by atoms with E-state index in [9.17, 15) is 0 Å². The Bertz CT molecular complexity index is 454. The van der Waals surface area contributed by atoms with Crippen molar-refractivity contribution in [3.8, 4) is 0 Å². The van der Waals surface area contributed by atoms with E-state index < -0.39 is 0 Å². The molecule has 0 saturated heterocycles. The highest BCUT2D eigenvalue weighted by Crippen LogP contribution is 2.23. The zero-order valence-corrected chi connectivity index (χ0v) is 10.2. The van der Waals surface area contributed by atoms with E-state index in [1.54, 1.807) is 0 Å². The number of halogens is 1. The fraction of sp³-hybridized carbons (Fsp3) is 0.143. The van der Waals surface area contributed by atoms with Gasteiger partial charge in [0.2, 0.25) is 6.71 Å². The van der Waals surface area contributed by atoms with Gasteiger partial charge in [-0.25, -0.2) is 0 Å². The summed E-state index contributed by atoms with van der Waals surface area (Å²) in [4.78, 5) is 0. The zero-order valence-electron chi connectivity index (χ0n) is 9.41. The number of hydrogen-bond acceptors (Lipinski definition) is 0. The van der Waals surface area contributed by atoms with Crippen LogP contribution < -0.4 is 0 Å². The molecule has 0 aromatic heterocycles. The third kappa shape index (κ3) is 2.48. The van der Waals surface area contributed by atoms with Crippen LogP contribution in [0.15, 0.2) is 59.5 Å². The average Bonchev–Trinajstić information content (AvgIpc) is 2.69. The van der Waals surface area contributed by atoms with Crippen molar-refractivity contribution in [2.75, 3.05) is 0 Å². The van der Waals surface area contributed by atoms with Gasteiger partial charge in [0.25, 0.3) is 0 Å². The molecule has 0 radical (unpaired) electrons. The Morgan fingerprint density at radius 1 is 1.31 bits per heavy atom. The highest BCUT2D eigenvalue weighted by atomic mass is 35.5. The van der Waals surface area contributed by atoms with Crippen molar-refractivity contribution in [1.29, 1.82) is 0 Å². The first-order valence-electron chi connectivity index (χ1n) is 5.45. The molecule has 1 aliphatic heterocycles. The zero-order chi connectivity index (χ0) is 11.5. The molecule has 0 bridgehead atoms. The molecule has 16 heavy (non-hydrogen) atoms. The van der Waals surface area contributed by atoms with Crippen LogP contribution in [0.25, 0.3) is 0 Å². The molecule has 0 spiro atoms. The Hall–Kier alpha value is -1.21. The van der Waals surface area contributed by atoms with Gasteiger partial charge in [-0.3, -0.25) is 0 Å². The van der Waals surface area contributed by atoms with Crippen LogP contribution in [0.4, 0.5) is 0 Å². The Kier molecular flexibility index (Phi) is 3.35. The molecule has 2 rings (SSSR count). The maximum atomic E-state index is 5.97. The molecule has 0 amide bonds. The summed E-state index contributed by atoms with van der Waals surface area (Å²) in [7, 11) is 0. The summed E-state index contributed by atoms with van der Waals surface area (Å²) in [5.41, 5.74) is 3.77. The molecule has 0 nitrogen and oxygen atoms in total. The van der Waals surface area contributed by atoms with Crippen LogP contribution in [0.2, 0.25) is 0 Å². The lowest BCUT2D eigenvalue weighted by molar-refractivity contribution is 1.33. The summed E-state index contributed by atoms with van der Waals surface area (Å²) in [5, 5.41) is 0.655. The summed E-state index contributed by atoms with van der Waals surface area (Å²) < 4.78 is 0. The van der Waals surface area contributed by atoms with Crippen LogP contribution in [0.3, 0.4) is 0 Å². The molecule has 0 aliphatic carbocycles. The minimum absolute atomic E-state index is 0.382. The van der Waals surface area contributed by atoms with Gasteiger partial charge in [0.05, 0.1) is 0 Å². The minimum atomic E-state index is 0.382. The normalized spacial score (nSPS) is 14.1. The third-order valence-electron chi connectivity index (χ3n) is 2.91. The van der Waals surface area contributed by atoms with E-state index in [0.29, 0.717) is 11.7 Å². The predicted molar refractivity (Wildman–Crippen MR) is 72.9 cm³/mol. The van der Waals surface area contributed by atoms with Gasteiger partial charge in [0.1, 0.15) is 0 Å². The van der Waals surface area contributed by atoms with E-state index >= 15 is 0 Å². The van der Waals surface area contributed by atoms with Crippen LogP contribution in [-0.2, 0) is 6.32 Å². The second-order valence-corrected chi connectivity index (χ2v) is 4.66. The lowest BCUT2D eigenvalue weighted by atomic mass is 9.43. The lowest BCUT2D eigenvalue weighted by Crippen LogP contribution is -2.15. The van der Waals surface area contributed by atoms with Gasteiger partial charge in [-0.1, -0.05) is 71.2 Å². The summed E-state index contributed by atoms with van der Waals surface area (Å²) in [6.45, 7) is 6.28. The number of allylic oxidation sites excluding steroid dienone is 4. The van der Waals surface area contributed by atoms with Crippen molar-refractivity contribution in [3.63, 3.8) is 0 Å². The van der Waals surface area contributed by atoms with E-state index in [4.69, 9.17) is 11.6 Å². The van der Waals surface area contributed by atoms with Crippen molar-refractivity contribution >= 4 is 18.3 Å². The molecule has 1 aliphatic rings. The van der Waals surface area contributed by atoms with Gasteiger partial charge in [0.15, 0.2) is 0 Å². The Balaban J connectivity index is 2.11. The maximum Gasteiger partial charge on any atom is 0.207 e. The van der Waals surface area contributed by atoms with Gasteiger partial charge in [-0.2, -0.15) is 0 Å². The summed E-state index contributed by atoms with van der Waals surface area (Å²) in [5.74, 6) is 2.18. The third-order valence-corrected chi connectivity index (χ3v) is 3.13. The van der Waals surface area contributed by atoms with Gasteiger partial charge in [0, 0.05) is 5.03 Å². The van der Waals surface area contributed by atoms with E-state index in [1.165, 1.54) is 11.1 Å². The van der Waals surface area contributed by atoms with Crippen molar-refractivity contribution < 1.29 is 0 Å². The molecule has 80 valence electrons. The topological polar surface area (TPSA) is 0 Å². The summed E-state index contributed by atoms with van der Waals surface area (Å²) in [6.07, 6.45) is 5.10. The van der Waals surface area contributed by atoms with Crippen LogP contribution in [0, 0.1) is 6.92 Å². The molecule has 1 aromatic rings. The summed E-state index contributed by atoms with van der Waals surface area (Å²) >= 11 is 5.97. The first-order valence-corrected chi connectivity index (χ1v) is 5.83. The van der Waals surface area contributed by atoms with E-state index in [1.807, 2.05) is 6.08 Å². The molecule has 0 N–H and O–H groups in total. The molecule has 1 heterocycles. The maximum absolute atomic E-state index is 5.97. The molecule has 0 unspecified atom stereocenters. The van der Waals surface area contributed by atoms with Crippen LogP contribution in [0.5, 0.6) is 0 Å². The van der Waals surface area contributed by atoms with Gasteiger partial charge in [-0.15, -0.1) is 5.98 Å². The molecular formula is C14H14BCl. The Morgan fingerprint density at radius 2 is 2.00 bits per heavy atom. The van der Waals surface area contributed by atoms with Crippen molar-refractivity contribution in [2.24, 2.45) is 0 Å². The number of benzene rings is 1. The first kappa shape index (κ1) is 11.3. The first-order chi connectivity index (χ1) is 7.66. The Labute approximate surface area is 102 Å². The standard InChI is InChI=1S/C14H14BCl/c1-11-5-7-13(8-6-11)10-15-9-3-4-14(15)12(2)16/h3-9H,2,10H2,1H3. The number of rotatable bonds is 3. The van der Waals surface area contributed by atoms with Crippen molar-refractivity contribution in [2.45, 2.75) is 13.2 Å². The molecule has 1 aromatic carbocycles. The van der Waals surface area contributed by atoms with E-state index in [0.717, 1.165) is 11.8 Å². The fourth-order valence-electron chi connectivity index (χ4n) is 1.97. The van der Waals surface area contributed by atoms with Gasteiger partial charge < -0.3 is 0 Å². The SMILES string of the molecule is C=C(Cl)C1=CC=CB1Cc1ccc(C)cc1. The van der Waals surface area contributed by atoms with Crippen LogP contribution >= 0.6 is 11.6 Å². The minimum Gasteiger partial charge on any atom is -0.110 e.